The summed E-state index contributed by atoms with van der Waals surface area (Å²) in [6, 6.07) is 0. The molecule has 3 unspecified atom stereocenters. The van der Waals surface area contributed by atoms with Crippen molar-refractivity contribution in [3.05, 3.63) is 12.2 Å². The van der Waals surface area contributed by atoms with Crippen molar-refractivity contribution in [1.29, 1.82) is 0 Å². The van der Waals surface area contributed by atoms with Gasteiger partial charge in [0.25, 0.3) is 0 Å². The third-order valence-electron chi connectivity index (χ3n) is 4.19. The van der Waals surface area contributed by atoms with Crippen molar-refractivity contribution in [3.63, 3.8) is 0 Å². The summed E-state index contributed by atoms with van der Waals surface area (Å²) in [4.78, 5) is 32.4. The van der Waals surface area contributed by atoms with Crippen molar-refractivity contribution in [3.8, 4) is 0 Å². The Morgan fingerprint density at radius 2 is 2.00 bits per heavy atom. The third kappa shape index (κ3) is 7.31. The van der Waals surface area contributed by atoms with Gasteiger partial charge in [0.15, 0.2) is 0 Å². The molecule has 0 aromatic heterocycles. The molecule has 138 valence electrons. The van der Waals surface area contributed by atoms with Gasteiger partial charge in [-0.05, 0) is 42.6 Å². The van der Waals surface area contributed by atoms with Gasteiger partial charge in [0.2, 0.25) is 0 Å². The van der Waals surface area contributed by atoms with Gasteiger partial charge in [-0.15, -0.1) is 0 Å². The zero-order valence-electron chi connectivity index (χ0n) is 15.0. The van der Waals surface area contributed by atoms with Crippen LogP contribution in [0, 0.1) is 17.8 Å². The predicted octanol–water partition coefficient (Wildman–Crippen LogP) is 3.16. The van der Waals surface area contributed by atoms with E-state index in [1.807, 2.05) is 0 Å². The average Bonchev–Trinajstić information content (AvgIpc) is 2.51. The van der Waals surface area contributed by atoms with Gasteiger partial charge in [-0.1, -0.05) is 33.8 Å². The Morgan fingerprint density at radius 1 is 1.29 bits per heavy atom. The van der Waals surface area contributed by atoms with Crippen molar-refractivity contribution in [2.75, 3.05) is 13.2 Å². The van der Waals surface area contributed by atoms with Crippen LogP contribution in [0.2, 0.25) is 0 Å². The molecule has 1 aliphatic rings. The molecule has 1 N–H and O–H groups in total. The molecule has 7 heteroatoms. The molecule has 0 saturated heterocycles. The molecule has 1 rings (SSSR count). The molecule has 1 aliphatic carbocycles. The summed E-state index contributed by atoms with van der Waals surface area (Å²) < 4.78 is 4.82. The maximum atomic E-state index is 11.4. The van der Waals surface area contributed by atoms with Crippen LogP contribution in [0.25, 0.3) is 0 Å². The summed E-state index contributed by atoms with van der Waals surface area (Å²) in [7, 11) is 0. The van der Waals surface area contributed by atoms with Gasteiger partial charge >= 0.3 is 12.1 Å². The van der Waals surface area contributed by atoms with Gasteiger partial charge in [0, 0.05) is 5.57 Å². The summed E-state index contributed by atoms with van der Waals surface area (Å²) >= 11 is 0. The predicted molar refractivity (Wildman–Crippen MR) is 87.6 cm³/mol. The molecular weight excluding hydrogens is 314 g/mol. The lowest BCUT2D eigenvalue weighted by molar-refractivity contribution is -0.504. The molecule has 0 aromatic carbocycles. The molecule has 0 aromatic rings. The molecular formula is C17H29NO6. The quantitative estimate of drug-likeness (QED) is 0.240. The monoisotopic (exact) mass is 343 g/mol. The highest BCUT2D eigenvalue weighted by molar-refractivity contribution is 5.86. The van der Waals surface area contributed by atoms with Crippen LogP contribution in [0.4, 0.5) is 4.79 Å². The zero-order chi connectivity index (χ0) is 18.1. The molecule has 0 spiro atoms. The third-order valence-corrected chi connectivity index (χ3v) is 4.19. The molecule has 1 saturated carbocycles. The molecule has 0 aliphatic heterocycles. The van der Waals surface area contributed by atoms with Gasteiger partial charge in [-0.25, -0.2) is 14.5 Å². The van der Waals surface area contributed by atoms with Gasteiger partial charge in [-0.3, -0.25) is 0 Å². The van der Waals surface area contributed by atoms with Crippen molar-refractivity contribution in [2.45, 2.75) is 53.1 Å². The fraction of sp³-hybridized carbons (Fsp3) is 0.765. The van der Waals surface area contributed by atoms with Crippen LogP contribution in [-0.2, 0) is 24.3 Å². The van der Waals surface area contributed by atoms with Crippen molar-refractivity contribution >= 4 is 12.1 Å². The van der Waals surface area contributed by atoms with Crippen molar-refractivity contribution in [2.24, 2.45) is 17.8 Å². The van der Waals surface area contributed by atoms with E-state index in [1.54, 1.807) is 6.92 Å². The first kappa shape index (κ1) is 20.4. The highest BCUT2D eigenvalue weighted by atomic mass is 17.5. The highest BCUT2D eigenvalue weighted by Crippen LogP contribution is 2.35. The van der Waals surface area contributed by atoms with Crippen LogP contribution in [-0.4, -0.2) is 31.3 Å². The van der Waals surface area contributed by atoms with Gasteiger partial charge < -0.3 is 10.1 Å². The maximum Gasteiger partial charge on any atom is 0.442 e. The summed E-state index contributed by atoms with van der Waals surface area (Å²) in [5.74, 6) is 0.915. The number of ether oxygens (including phenoxy) is 1. The number of hydrogen-bond donors (Lipinski definition) is 1. The van der Waals surface area contributed by atoms with Crippen LogP contribution in [0.1, 0.15) is 47.0 Å². The molecule has 7 nitrogen and oxygen atoms in total. The van der Waals surface area contributed by atoms with Gasteiger partial charge in [-0.2, -0.15) is 4.89 Å². The van der Waals surface area contributed by atoms with E-state index in [2.05, 4.69) is 42.6 Å². The minimum Gasteiger partial charge on any atom is -0.460 e. The number of rotatable bonds is 8. The van der Waals surface area contributed by atoms with E-state index in [0.29, 0.717) is 23.3 Å². The average molecular weight is 343 g/mol. The van der Waals surface area contributed by atoms with E-state index in [-0.39, 0.29) is 19.3 Å². The van der Waals surface area contributed by atoms with Crippen LogP contribution < -0.4 is 5.32 Å². The van der Waals surface area contributed by atoms with Crippen LogP contribution in [0.3, 0.4) is 0 Å². The number of amides is 1. The van der Waals surface area contributed by atoms with Crippen LogP contribution in [0.5, 0.6) is 0 Å². The van der Waals surface area contributed by atoms with Gasteiger partial charge in [0.1, 0.15) is 12.7 Å². The second kappa shape index (κ2) is 10.3. The molecule has 24 heavy (non-hydrogen) atoms. The van der Waals surface area contributed by atoms with E-state index >= 15 is 0 Å². The largest absolute Gasteiger partial charge is 0.460 e. The molecule has 0 bridgehead atoms. The number of carbonyl (C=O) groups excluding carboxylic acids is 2. The van der Waals surface area contributed by atoms with Crippen LogP contribution >= 0.6 is 0 Å². The lowest BCUT2D eigenvalue weighted by Gasteiger charge is -2.35. The zero-order valence-corrected chi connectivity index (χ0v) is 15.0. The first-order valence-electron chi connectivity index (χ1n) is 8.41. The van der Waals surface area contributed by atoms with Crippen LogP contribution in [0.15, 0.2) is 12.2 Å². The normalized spacial score (nSPS) is 23.6. The first-order valence-corrected chi connectivity index (χ1v) is 8.41. The fourth-order valence-electron chi connectivity index (χ4n) is 2.78. The topological polar surface area (TPSA) is 83.1 Å². The summed E-state index contributed by atoms with van der Waals surface area (Å²) in [6.07, 6.45) is 2.24. The van der Waals surface area contributed by atoms with E-state index in [9.17, 15) is 9.59 Å². The standard InChI is InChI=1S/C17H29NO6/c1-11(2)14-7-6-13(5)10-15(14)22-24-23-17(20)18-8-9-21-16(19)12(3)4/h11,13-15H,3,6-10H2,1-2,4-5H3,(H,18,20). The van der Waals surface area contributed by atoms with E-state index < -0.39 is 12.1 Å². The number of nitrogens with one attached hydrogen (secondary N) is 1. The minimum absolute atomic E-state index is 0.0250. The van der Waals surface area contributed by atoms with Crippen molar-refractivity contribution in [1.82, 2.24) is 5.32 Å². The SMILES string of the molecule is C=C(C)C(=O)OCCNC(=O)OOOC1CC(C)CCC1C(C)C. The van der Waals surface area contributed by atoms with Gasteiger partial charge in [0.05, 0.1) is 6.54 Å². The Morgan fingerprint density at radius 3 is 2.62 bits per heavy atom. The maximum absolute atomic E-state index is 11.4. The van der Waals surface area contributed by atoms with E-state index in [4.69, 9.17) is 9.62 Å². The lowest BCUT2D eigenvalue weighted by atomic mass is 9.75. The number of carbonyl (C=O) groups is 2. The summed E-state index contributed by atoms with van der Waals surface area (Å²) in [5, 5.41) is 7.03. The Balaban J connectivity index is 2.19. The molecule has 0 heterocycles. The Labute approximate surface area is 143 Å². The lowest BCUT2D eigenvalue weighted by Crippen LogP contribution is -2.35. The number of hydrogen-bond acceptors (Lipinski definition) is 6. The Bertz CT molecular complexity index is 437. The second-order valence-corrected chi connectivity index (χ2v) is 6.74. The van der Waals surface area contributed by atoms with E-state index in [0.717, 1.165) is 12.8 Å². The Hall–Kier alpha value is -1.60. The second-order valence-electron chi connectivity index (χ2n) is 6.74. The summed E-state index contributed by atoms with van der Waals surface area (Å²) in [6.45, 7) is 11.6. The first-order chi connectivity index (χ1) is 11.3. The molecule has 1 amide bonds. The Kier molecular flexibility index (Phi) is 8.78. The molecule has 3 atom stereocenters. The molecule has 0 radical (unpaired) electrons. The highest BCUT2D eigenvalue weighted by Gasteiger charge is 2.32. The molecule has 1 fully saturated rings. The van der Waals surface area contributed by atoms with E-state index in [1.165, 1.54) is 6.42 Å². The van der Waals surface area contributed by atoms with Crippen molar-refractivity contribution < 1.29 is 29.1 Å². The fourth-order valence-corrected chi connectivity index (χ4v) is 2.78. The summed E-state index contributed by atoms with van der Waals surface area (Å²) in [5.41, 5.74) is 0.302. The smallest absolute Gasteiger partial charge is 0.442 e. The minimum atomic E-state index is -0.800. The number of esters is 1.